The first-order chi connectivity index (χ1) is 39.8. The smallest absolute Gasteiger partial charge is 0.256 e. The number of ether oxygens (including phenoxy) is 2. The highest BCUT2D eigenvalue weighted by molar-refractivity contribution is 7.02. The van der Waals surface area contributed by atoms with Crippen molar-refractivity contribution in [1.29, 1.82) is 0 Å². The van der Waals surface area contributed by atoms with E-state index in [9.17, 15) is 0 Å². The molecule has 13 rings (SSSR count). The van der Waals surface area contributed by atoms with Gasteiger partial charge in [0.2, 0.25) is 0 Å². The third kappa shape index (κ3) is 8.81. The summed E-state index contributed by atoms with van der Waals surface area (Å²) in [6.45, 7) is 27.3. The van der Waals surface area contributed by atoms with Gasteiger partial charge in [0, 0.05) is 33.7 Å². The van der Waals surface area contributed by atoms with Crippen LogP contribution in [0.1, 0.15) is 178 Å². The molecule has 0 spiro atoms. The fraction of sp³-hybridized carbons (Fsp3) is 0.289. The topological polar surface area (TPSA) is 24.9 Å². The van der Waals surface area contributed by atoms with Crippen LogP contribution < -0.4 is 52.1 Å². The molecule has 0 saturated heterocycles. The molecule has 410 valence electrons. The molecular formula is C76H78B2N2O2. The summed E-state index contributed by atoms with van der Waals surface area (Å²) in [6, 6.07) is 65.8. The zero-order chi connectivity index (χ0) is 56.8. The zero-order valence-electron chi connectivity index (χ0n) is 50.3. The van der Waals surface area contributed by atoms with Crippen LogP contribution in [0, 0.1) is 0 Å². The maximum Gasteiger partial charge on any atom is 0.256 e. The molecule has 0 N–H and O–H groups in total. The number of nitrogens with zero attached hydrogens (tertiary/aromatic N) is 2. The molecule has 0 amide bonds. The van der Waals surface area contributed by atoms with Gasteiger partial charge in [0.25, 0.3) is 13.4 Å². The first-order valence-electron chi connectivity index (χ1n) is 30.9. The summed E-state index contributed by atoms with van der Waals surface area (Å²) in [5.74, 6) is 6.07. The van der Waals surface area contributed by atoms with Crippen LogP contribution in [0.15, 0.2) is 170 Å². The first kappa shape index (κ1) is 53.6. The Morgan fingerprint density at radius 3 is 0.988 bits per heavy atom. The summed E-state index contributed by atoms with van der Waals surface area (Å²) in [7, 11) is 0. The highest BCUT2D eigenvalue weighted by atomic mass is 16.5. The average molecular weight is 1070 g/mol. The van der Waals surface area contributed by atoms with Gasteiger partial charge in [-0.1, -0.05) is 204 Å². The molecule has 0 aromatic heterocycles. The van der Waals surface area contributed by atoms with E-state index in [1.807, 2.05) is 0 Å². The van der Waals surface area contributed by atoms with Crippen LogP contribution in [0.2, 0.25) is 0 Å². The third-order valence-corrected chi connectivity index (χ3v) is 19.6. The van der Waals surface area contributed by atoms with Crippen molar-refractivity contribution in [2.45, 2.75) is 144 Å². The van der Waals surface area contributed by atoms with Crippen molar-refractivity contribution >= 4 is 80.3 Å². The average Bonchev–Trinajstić information content (AvgIpc) is 0.890. The van der Waals surface area contributed by atoms with Gasteiger partial charge in [0.05, 0.1) is 11.4 Å². The van der Waals surface area contributed by atoms with Crippen molar-refractivity contribution in [1.82, 2.24) is 0 Å². The van der Waals surface area contributed by atoms with E-state index in [4.69, 9.17) is 9.47 Å². The summed E-state index contributed by atoms with van der Waals surface area (Å²) in [5, 5.41) is 0. The lowest BCUT2D eigenvalue weighted by atomic mass is 9.31. The Kier molecular flexibility index (Phi) is 13.9. The van der Waals surface area contributed by atoms with Crippen molar-refractivity contribution in [3.63, 3.8) is 0 Å². The van der Waals surface area contributed by atoms with Gasteiger partial charge in [0.1, 0.15) is 23.0 Å². The van der Waals surface area contributed by atoms with E-state index < -0.39 is 0 Å². The molecule has 0 radical (unpaired) electrons. The maximum atomic E-state index is 7.91. The van der Waals surface area contributed by atoms with Crippen LogP contribution in [0.25, 0.3) is 22.3 Å². The van der Waals surface area contributed by atoms with Crippen molar-refractivity contribution in [2.24, 2.45) is 0 Å². The molecule has 9 aromatic carbocycles. The fourth-order valence-corrected chi connectivity index (χ4v) is 13.5. The van der Waals surface area contributed by atoms with Gasteiger partial charge in [-0.05, 0) is 187 Å². The van der Waals surface area contributed by atoms with Gasteiger partial charge in [-0.15, -0.1) is 0 Å². The molecule has 9 aromatic rings. The molecule has 4 unspecified atom stereocenters. The summed E-state index contributed by atoms with van der Waals surface area (Å²) in [4.78, 5) is 5.10. The molecule has 0 aliphatic carbocycles. The predicted molar refractivity (Wildman–Crippen MR) is 352 cm³/mol. The van der Waals surface area contributed by atoms with Gasteiger partial charge in [-0.2, -0.15) is 0 Å². The molecule has 82 heavy (non-hydrogen) atoms. The number of fused-ring (bicyclic) bond motifs is 10. The summed E-state index contributed by atoms with van der Waals surface area (Å²) >= 11 is 0. The summed E-state index contributed by atoms with van der Waals surface area (Å²) in [5.41, 5.74) is 26.6. The molecule has 4 heterocycles. The second kappa shape index (κ2) is 21.2. The molecular weight excluding hydrogens is 994 g/mol. The Hall–Kier alpha value is -7.69. The van der Waals surface area contributed by atoms with Crippen molar-refractivity contribution in [3.05, 3.63) is 203 Å². The van der Waals surface area contributed by atoms with Crippen molar-refractivity contribution < 1.29 is 9.47 Å². The van der Waals surface area contributed by atoms with Crippen LogP contribution in [-0.2, 0) is 0 Å². The number of rotatable bonds is 14. The Morgan fingerprint density at radius 1 is 0.329 bits per heavy atom. The predicted octanol–water partition coefficient (Wildman–Crippen LogP) is 18.1. The molecule has 0 fully saturated rings. The minimum absolute atomic E-state index is 0.191. The molecule has 4 aliphatic heterocycles. The second-order valence-electron chi connectivity index (χ2n) is 25.0. The lowest BCUT2D eigenvalue weighted by Crippen LogP contribution is -2.64. The van der Waals surface area contributed by atoms with Crippen LogP contribution in [0.4, 0.5) is 34.1 Å². The van der Waals surface area contributed by atoms with Crippen LogP contribution in [-0.4, -0.2) is 13.4 Å². The maximum absolute atomic E-state index is 7.91. The van der Waals surface area contributed by atoms with E-state index in [-0.39, 0.29) is 13.4 Å². The molecule has 4 atom stereocenters. The fourth-order valence-electron chi connectivity index (χ4n) is 13.5. The number of benzene rings is 9. The van der Waals surface area contributed by atoms with E-state index in [0.717, 1.165) is 82.4 Å². The minimum Gasteiger partial charge on any atom is -0.456 e. The molecule has 4 nitrogen and oxygen atoms in total. The summed E-state index contributed by atoms with van der Waals surface area (Å²) < 4.78 is 15.8. The lowest BCUT2D eigenvalue weighted by molar-refractivity contribution is 0.477. The van der Waals surface area contributed by atoms with Crippen molar-refractivity contribution in [3.8, 4) is 45.3 Å². The van der Waals surface area contributed by atoms with Crippen LogP contribution in [0.3, 0.4) is 0 Å². The van der Waals surface area contributed by atoms with E-state index >= 15 is 0 Å². The Bertz CT molecular complexity index is 3640. The first-order valence-corrected chi connectivity index (χ1v) is 30.9. The summed E-state index contributed by atoms with van der Waals surface area (Å²) in [6.07, 6.45) is 4.24. The van der Waals surface area contributed by atoms with Crippen molar-refractivity contribution in [2.75, 3.05) is 9.80 Å². The monoisotopic (exact) mass is 1070 g/mol. The standard InChI is InChI=1S/C76H78B2N2O2/c1-13-47(9)53-25-33-61(34-26-53)79-67-37-29-57(49(11)15-3)41-63(67)77-65-43-59(55-21-17-51(18-22-55)45(5)6)32-40-70(65)82-76-71(77)73(79)75-72-74(76)80(62-35-27-54(28-36-62)48(10)14-2)68-38-30-58(50(12)16-4)42-64(68)78(72)66-44-60(31-39-69(66)81-75)56-23-19-52(20-24-56)46(7)8/h17-50H,13-16H2,1-12H3. The highest BCUT2D eigenvalue weighted by Gasteiger charge is 2.52. The molecule has 0 saturated carbocycles. The largest absolute Gasteiger partial charge is 0.456 e. The van der Waals surface area contributed by atoms with Gasteiger partial charge in [-0.3, -0.25) is 0 Å². The van der Waals surface area contributed by atoms with Gasteiger partial charge < -0.3 is 19.3 Å². The van der Waals surface area contributed by atoms with Gasteiger partial charge >= 0.3 is 0 Å². The normalized spacial score (nSPS) is 14.9. The van der Waals surface area contributed by atoms with E-state index in [1.54, 1.807) is 0 Å². The number of anilines is 6. The number of hydrogen-bond acceptors (Lipinski definition) is 4. The Morgan fingerprint density at radius 2 is 0.646 bits per heavy atom. The molecule has 0 bridgehead atoms. The zero-order valence-corrected chi connectivity index (χ0v) is 50.3. The van der Waals surface area contributed by atoms with E-state index in [0.29, 0.717) is 35.5 Å². The van der Waals surface area contributed by atoms with Crippen LogP contribution in [0.5, 0.6) is 23.0 Å². The number of hydrogen-bond donors (Lipinski definition) is 0. The molecule has 4 aliphatic rings. The highest BCUT2D eigenvalue weighted by Crippen LogP contribution is 2.54. The Labute approximate surface area is 489 Å². The van der Waals surface area contributed by atoms with Gasteiger partial charge in [0.15, 0.2) is 0 Å². The van der Waals surface area contributed by atoms with Crippen LogP contribution >= 0.6 is 0 Å². The van der Waals surface area contributed by atoms with E-state index in [2.05, 4.69) is 263 Å². The SMILES string of the molecule is CCC(C)c1ccc(N2c3ccc(C(C)CC)cc3B3c4cc(-c5ccc(C(C)C)cc5)ccc4Oc4c3c2c2c3c4N(c4ccc(C(C)CC)cc4)c4ccc(C(C)CC)cc4B3c3cc(-c4ccc(C(C)C)cc4)ccc3O2)cc1. The molecule has 6 heteroatoms. The lowest BCUT2D eigenvalue weighted by Gasteiger charge is -2.47. The third-order valence-electron chi connectivity index (χ3n) is 19.6. The minimum atomic E-state index is -0.191. The second-order valence-corrected chi connectivity index (χ2v) is 25.0. The quantitative estimate of drug-likeness (QED) is 0.101. The van der Waals surface area contributed by atoms with E-state index in [1.165, 1.54) is 88.9 Å². The Balaban J connectivity index is 1.16. The van der Waals surface area contributed by atoms with Gasteiger partial charge in [-0.25, -0.2) is 0 Å².